The van der Waals surface area contributed by atoms with Crippen LogP contribution in [0.5, 0.6) is 0 Å². The topological polar surface area (TPSA) is 98.5 Å². The lowest BCUT2D eigenvalue weighted by Gasteiger charge is -2.25. The molecule has 5 rings (SSSR count). The van der Waals surface area contributed by atoms with Gasteiger partial charge in [0.2, 0.25) is 0 Å². The van der Waals surface area contributed by atoms with E-state index >= 15 is 0 Å². The summed E-state index contributed by atoms with van der Waals surface area (Å²) in [5.74, 6) is 0.141. The Morgan fingerprint density at radius 2 is 1.77 bits per heavy atom. The number of likely N-dealkylation sites (N-methyl/N-ethyl adjacent to an activating group) is 1. The third-order valence-electron chi connectivity index (χ3n) is 6.14. The van der Waals surface area contributed by atoms with Crippen LogP contribution in [-0.4, -0.2) is 42.8 Å². The van der Waals surface area contributed by atoms with Crippen molar-refractivity contribution in [2.75, 3.05) is 25.6 Å². The molecule has 2 N–H and O–H groups in total. The molecule has 0 spiro atoms. The van der Waals surface area contributed by atoms with E-state index in [1.165, 1.54) is 11.1 Å². The number of amides is 2. The molecule has 2 aliphatic heterocycles. The molecule has 0 saturated heterocycles. The van der Waals surface area contributed by atoms with Crippen LogP contribution in [0.1, 0.15) is 43.0 Å². The van der Waals surface area contributed by atoms with Gasteiger partial charge in [-0.2, -0.15) is 5.11 Å². The minimum absolute atomic E-state index is 0.179. The van der Waals surface area contributed by atoms with E-state index in [-0.39, 0.29) is 11.8 Å². The van der Waals surface area contributed by atoms with Crippen LogP contribution in [0.3, 0.4) is 0 Å². The van der Waals surface area contributed by atoms with E-state index in [1.54, 1.807) is 30.3 Å². The first-order chi connectivity index (χ1) is 17.0. The first-order valence-electron chi connectivity index (χ1n) is 11.6. The predicted octanol–water partition coefficient (Wildman–Crippen LogP) is 4.03. The molecule has 2 aliphatic rings. The standard InChI is InChI=1S/C27H26N6O2/c1-33-11-10-19-8-9-24(14-23(19)16-33)31-27(35)21-6-2-4-18(12-21)15-28-26(34)22-7-3-5-20(13-22)25-29-17-30-32-25/h2-9,12-14H,10-11,15-17H2,1H3,(H,28,34)(H,31,35). The van der Waals surface area contributed by atoms with Crippen molar-refractivity contribution in [3.63, 3.8) is 0 Å². The number of aliphatic imine (C=N–C) groups is 1. The highest BCUT2D eigenvalue weighted by Gasteiger charge is 2.15. The van der Waals surface area contributed by atoms with E-state index < -0.39 is 0 Å². The Morgan fingerprint density at radius 1 is 0.943 bits per heavy atom. The van der Waals surface area contributed by atoms with Gasteiger partial charge in [0, 0.05) is 42.0 Å². The van der Waals surface area contributed by atoms with Crippen LogP contribution >= 0.6 is 0 Å². The average molecular weight is 467 g/mol. The highest BCUT2D eigenvalue weighted by atomic mass is 16.2. The van der Waals surface area contributed by atoms with Gasteiger partial charge < -0.3 is 15.5 Å². The van der Waals surface area contributed by atoms with Gasteiger partial charge >= 0.3 is 0 Å². The number of anilines is 1. The summed E-state index contributed by atoms with van der Waals surface area (Å²) in [6, 6.07) is 20.5. The van der Waals surface area contributed by atoms with E-state index in [4.69, 9.17) is 0 Å². The highest BCUT2D eigenvalue weighted by Crippen LogP contribution is 2.22. The molecule has 3 aromatic rings. The zero-order valence-corrected chi connectivity index (χ0v) is 19.5. The van der Waals surface area contributed by atoms with Crippen molar-refractivity contribution in [3.8, 4) is 0 Å². The molecule has 2 amide bonds. The van der Waals surface area contributed by atoms with Crippen LogP contribution < -0.4 is 10.6 Å². The van der Waals surface area contributed by atoms with Gasteiger partial charge in [-0.1, -0.05) is 30.3 Å². The van der Waals surface area contributed by atoms with Gasteiger partial charge in [0.1, 0.15) is 0 Å². The van der Waals surface area contributed by atoms with Crippen molar-refractivity contribution < 1.29 is 9.59 Å². The number of fused-ring (bicyclic) bond motifs is 1. The van der Waals surface area contributed by atoms with Crippen LogP contribution in [0.25, 0.3) is 0 Å². The molecule has 2 heterocycles. The number of amidine groups is 1. The van der Waals surface area contributed by atoms with Crippen molar-refractivity contribution in [1.29, 1.82) is 0 Å². The number of carbonyl (C=O) groups is 2. The summed E-state index contributed by atoms with van der Waals surface area (Å²) in [6.45, 7) is 2.56. The van der Waals surface area contributed by atoms with E-state index in [1.807, 2.05) is 24.3 Å². The molecular weight excluding hydrogens is 440 g/mol. The van der Waals surface area contributed by atoms with E-state index in [0.717, 1.165) is 36.3 Å². The molecular formula is C27H26N6O2. The highest BCUT2D eigenvalue weighted by molar-refractivity contribution is 6.04. The van der Waals surface area contributed by atoms with Gasteiger partial charge in [0.25, 0.3) is 11.8 Å². The molecule has 8 heteroatoms. The summed E-state index contributed by atoms with van der Waals surface area (Å²) >= 11 is 0. The summed E-state index contributed by atoms with van der Waals surface area (Å²) in [6.07, 6.45) is 1.03. The van der Waals surface area contributed by atoms with Crippen molar-refractivity contribution in [1.82, 2.24) is 10.2 Å². The van der Waals surface area contributed by atoms with Gasteiger partial charge in [0.15, 0.2) is 12.5 Å². The Kier molecular flexibility index (Phi) is 6.45. The molecule has 0 radical (unpaired) electrons. The zero-order chi connectivity index (χ0) is 24.2. The first-order valence-corrected chi connectivity index (χ1v) is 11.6. The number of carbonyl (C=O) groups excluding carboxylic acids is 2. The lowest BCUT2D eigenvalue weighted by Crippen LogP contribution is -2.26. The fourth-order valence-corrected chi connectivity index (χ4v) is 4.26. The van der Waals surface area contributed by atoms with Gasteiger partial charge in [-0.05, 0) is 66.6 Å². The number of benzene rings is 3. The van der Waals surface area contributed by atoms with Crippen LogP contribution in [0.2, 0.25) is 0 Å². The molecule has 35 heavy (non-hydrogen) atoms. The first kappa shape index (κ1) is 22.6. The number of rotatable bonds is 6. The smallest absolute Gasteiger partial charge is 0.255 e. The molecule has 0 saturated carbocycles. The SMILES string of the molecule is CN1CCc2ccc(NC(=O)c3cccc(CNC(=O)c4cccc(C5=NCN=N5)c4)c3)cc2C1. The second-order valence-corrected chi connectivity index (χ2v) is 8.75. The zero-order valence-electron chi connectivity index (χ0n) is 19.5. The molecule has 0 unspecified atom stereocenters. The fraction of sp³-hybridized carbons (Fsp3) is 0.222. The van der Waals surface area contributed by atoms with Gasteiger partial charge in [-0.15, -0.1) is 5.11 Å². The molecule has 8 nitrogen and oxygen atoms in total. The maximum atomic E-state index is 12.9. The van der Waals surface area contributed by atoms with E-state index in [9.17, 15) is 9.59 Å². The molecule has 0 bridgehead atoms. The molecule has 0 aromatic heterocycles. The minimum Gasteiger partial charge on any atom is -0.348 e. The second-order valence-electron chi connectivity index (χ2n) is 8.75. The van der Waals surface area contributed by atoms with Crippen molar-refractivity contribution in [3.05, 3.63) is 100 Å². The number of hydrogen-bond acceptors (Lipinski definition) is 6. The minimum atomic E-state index is -0.212. The Hall–Kier alpha value is -4.17. The largest absolute Gasteiger partial charge is 0.348 e. The quantitative estimate of drug-likeness (QED) is 0.574. The summed E-state index contributed by atoms with van der Waals surface area (Å²) in [5, 5.41) is 13.8. The molecule has 176 valence electrons. The number of nitrogens with zero attached hydrogens (tertiary/aromatic N) is 4. The van der Waals surface area contributed by atoms with Crippen molar-refractivity contribution >= 4 is 23.3 Å². The Morgan fingerprint density at radius 3 is 2.60 bits per heavy atom. The van der Waals surface area contributed by atoms with Crippen LogP contribution in [0.4, 0.5) is 5.69 Å². The predicted molar refractivity (Wildman–Crippen MR) is 135 cm³/mol. The number of nitrogens with one attached hydrogen (secondary N) is 2. The van der Waals surface area contributed by atoms with Crippen molar-refractivity contribution in [2.24, 2.45) is 15.2 Å². The molecule has 3 aromatic carbocycles. The second kappa shape index (κ2) is 9.99. The fourth-order valence-electron chi connectivity index (χ4n) is 4.26. The normalized spacial score (nSPS) is 14.8. The van der Waals surface area contributed by atoms with Gasteiger partial charge in [-0.25, -0.2) is 4.99 Å². The lowest BCUT2D eigenvalue weighted by atomic mass is 9.99. The summed E-state index contributed by atoms with van der Waals surface area (Å²) in [5.41, 5.74) is 6.02. The molecule has 0 aliphatic carbocycles. The average Bonchev–Trinajstić information content (AvgIpc) is 3.42. The maximum Gasteiger partial charge on any atom is 0.255 e. The monoisotopic (exact) mass is 466 g/mol. The maximum absolute atomic E-state index is 12.9. The van der Waals surface area contributed by atoms with E-state index in [0.29, 0.717) is 30.2 Å². The van der Waals surface area contributed by atoms with Crippen LogP contribution in [-0.2, 0) is 19.5 Å². The molecule has 0 fully saturated rings. The van der Waals surface area contributed by atoms with E-state index in [2.05, 4.69) is 49.9 Å². The Balaban J connectivity index is 1.22. The summed E-state index contributed by atoms with van der Waals surface area (Å²) < 4.78 is 0. The van der Waals surface area contributed by atoms with Crippen LogP contribution in [0.15, 0.2) is 82.0 Å². The van der Waals surface area contributed by atoms with Gasteiger partial charge in [-0.3, -0.25) is 9.59 Å². The van der Waals surface area contributed by atoms with Gasteiger partial charge in [0.05, 0.1) is 0 Å². The molecule has 0 atom stereocenters. The third kappa shape index (κ3) is 5.33. The third-order valence-corrected chi connectivity index (χ3v) is 6.14. The number of azo groups is 1. The number of hydrogen-bond donors (Lipinski definition) is 2. The Bertz CT molecular complexity index is 1350. The summed E-state index contributed by atoms with van der Waals surface area (Å²) in [4.78, 5) is 32.0. The summed E-state index contributed by atoms with van der Waals surface area (Å²) in [7, 11) is 2.10. The van der Waals surface area contributed by atoms with Crippen LogP contribution in [0, 0.1) is 0 Å². The Labute approximate surface area is 203 Å². The lowest BCUT2D eigenvalue weighted by molar-refractivity contribution is 0.0950. The van der Waals surface area contributed by atoms with Crippen molar-refractivity contribution in [2.45, 2.75) is 19.5 Å².